The Labute approximate surface area is 90.9 Å². The molecule has 0 radical (unpaired) electrons. The highest BCUT2D eigenvalue weighted by atomic mass is 14.9. The molecule has 0 aliphatic carbocycles. The Bertz CT molecular complexity index is 361. The van der Waals surface area contributed by atoms with Gasteiger partial charge in [0.15, 0.2) is 0 Å². The van der Waals surface area contributed by atoms with E-state index in [0.29, 0.717) is 6.04 Å². The molecule has 2 heteroatoms. The molecule has 1 aliphatic heterocycles. The number of hydrogen-bond acceptors (Lipinski definition) is 2. The van der Waals surface area contributed by atoms with Gasteiger partial charge in [0.05, 0.1) is 11.6 Å². The van der Waals surface area contributed by atoms with E-state index in [2.05, 4.69) is 30.4 Å². The summed E-state index contributed by atoms with van der Waals surface area (Å²) in [5, 5.41) is 12.1. The zero-order valence-electron chi connectivity index (χ0n) is 9.03. The molecule has 0 amide bonds. The van der Waals surface area contributed by atoms with E-state index in [1.807, 2.05) is 12.1 Å². The van der Waals surface area contributed by atoms with Crippen LogP contribution in [0.1, 0.15) is 24.5 Å². The van der Waals surface area contributed by atoms with Crippen LogP contribution in [-0.2, 0) is 6.42 Å². The van der Waals surface area contributed by atoms with Crippen molar-refractivity contribution in [2.75, 3.05) is 6.54 Å². The van der Waals surface area contributed by atoms with Crippen molar-refractivity contribution in [3.63, 3.8) is 0 Å². The summed E-state index contributed by atoms with van der Waals surface area (Å²) in [6, 6.07) is 10.8. The number of nitrogens with one attached hydrogen (secondary N) is 1. The standard InChI is InChI=1S/C13H16N2/c1-10-6-13(9-15-10)7-11-2-4-12(8-14)5-3-11/h2-5,10,13,15H,6-7,9H2,1H3. The lowest BCUT2D eigenvalue weighted by Crippen LogP contribution is -2.17. The average molecular weight is 200 g/mol. The molecular formula is C13H16N2. The largest absolute Gasteiger partial charge is 0.314 e. The summed E-state index contributed by atoms with van der Waals surface area (Å²) in [7, 11) is 0. The SMILES string of the molecule is CC1CC(Cc2ccc(C#N)cc2)CN1. The molecule has 1 heterocycles. The Hall–Kier alpha value is -1.33. The molecule has 2 rings (SSSR count). The highest BCUT2D eigenvalue weighted by molar-refractivity contribution is 5.31. The van der Waals surface area contributed by atoms with Gasteiger partial charge in [-0.1, -0.05) is 12.1 Å². The third-order valence-electron chi connectivity index (χ3n) is 3.05. The van der Waals surface area contributed by atoms with E-state index in [-0.39, 0.29) is 0 Å². The second-order valence-electron chi connectivity index (χ2n) is 4.42. The van der Waals surface area contributed by atoms with Crippen molar-refractivity contribution < 1.29 is 0 Å². The van der Waals surface area contributed by atoms with Crippen molar-refractivity contribution >= 4 is 0 Å². The fourth-order valence-corrected chi connectivity index (χ4v) is 2.24. The van der Waals surface area contributed by atoms with Gasteiger partial charge in [0.1, 0.15) is 0 Å². The predicted molar refractivity (Wildman–Crippen MR) is 60.4 cm³/mol. The number of hydrogen-bond donors (Lipinski definition) is 1. The van der Waals surface area contributed by atoms with E-state index in [4.69, 9.17) is 5.26 Å². The van der Waals surface area contributed by atoms with Crippen LogP contribution in [0.3, 0.4) is 0 Å². The predicted octanol–water partition coefficient (Wildman–Crippen LogP) is 2.10. The highest BCUT2D eigenvalue weighted by Crippen LogP contribution is 2.18. The molecule has 1 aromatic rings. The third kappa shape index (κ3) is 2.57. The minimum Gasteiger partial charge on any atom is -0.314 e. The Morgan fingerprint density at radius 1 is 1.40 bits per heavy atom. The van der Waals surface area contributed by atoms with Crippen LogP contribution in [0.2, 0.25) is 0 Å². The van der Waals surface area contributed by atoms with Crippen LogP contribution in [0.4, 0.5) is 0 Å². The molecular weight excluding hydrogens is 184 g/mol. The first kappa shape index (κ1) is 10.2. The van der Waals surface area contributed by atoms with Crippen LogP contribution in [0.5, 0.6) is 0 Å². The van der Waals surface area contributed by atoms with Crippen LogP contribution < -0.4 is 5.32 Å². The zero-order valence-corrected chi connectivity index (χ0v) is 9.03. The summed E-state index contributed by atoms with van der Waals surface area (Å²) < 4.78 is 0. The van der Waals surface area contributed by atoms with Gasteiger partial charge in [-0.25, -0.2) is 0 Å². The topological polar surface area (TPSA) is 35.8 Å². The molecule has 2 atom stereocenters. The van der Waals surface area contributed by atoms with Crippen molar-refractivity contribution in [2.45, 2.75) is 25.8 Å². The summed E-state index contributed by atoms with van der Waals surface area (Å²) in [6.07, 6.45) is 2.39. The van der Waals surface area contributed by atoms with Crippen molar-refractivity contribution in [3.8, 4) is 6.07 Å². The second kappa shape index (κ2) is 4.46. The highest BCUT2D eigenvalue weighted by Gasteiger charge is 2.20. The van der Waals surface area contributed by atoms with Gasteiger partial charge in [-0.05, 0) is 49.9 Å². The molecule has 2 unspecified atom stereocenters. The average Bonchev–Trinajstić information content (AvgIpc) is 2.65. The van der Waals surface area contributed by atoms with Gasteiger partial charge in [0, 0.05) is 6.04 Å². The Morgan fingerprint density at radius 2 is 2.13 bits per heavy atom. The van der Waals surface area contributed by atoms with E-state index in [1.54, 1.807) is 0 Å². The summed E-state index contributed by atoms with van der Waals surface area (Å²) in [5.74, 6) is 0.757. The van der Waals surface area contributed by atoms with Gasteiger partial charge in [0.2, 0.25) is 0 Å². The fraction of sp³-hybridized carbons (Fsp3) is 0.462. The van der Waals surface area contributed by atoms with Crippen LogP contribution in [0.25, 0.3) is 0 Å². The lowest BCUT2D eigenvalue weighted by atomic mass is 9.96. The number of nitriles is 1. The Kier molecular flexibility index (Phi) is 3.03. The molecule has 2 nitrogen and oxygen atoms in total. The molecule has 1 aliphatic rings. The molecule has 1 saturated heterocycles. The van der Waals surface area contributed by atoms with Gasteiger partial charge in [-0.15, -0.1) is 0 Å². The van der Waals surface area contributed by atoms with Crippen molar-refractivity contribution in [3.05, 3.63) is 35.4 Å². The quantitative estimate of drug-likeness (QED) is 0.793. The summed E-state index contributed by atoms with van der Waals surface area (Å²) in [6.45, 7) is 3.36. The third-order valence-corrected chi connectivity index (χ3v) is 3.05. The summed E-state index contributed by atoms with van der Waals surface area (Å²) in [4.78, 5) is 0. The normalized spacial score (nSPS) is 25.1. The molecule has 0 bridgehead atoms. The van der Waals surface area contributed by atoms with Crippen molar-refractivity contribution in [2.24, 2.45) is 5.92 Å². The van der Waals surface area contributed by atoms with E-state index in [0.717, 1.165) is 24.4 Å². The lowest BCUT2D eigenvalue weighted by molar-refractivity contribution is 0.565. The summed E-state index contributed by atoms with van der Waals surface area (Å²) in [5.41, 5.74) is 2.09. The number of rotatable bonds is 2. The maximum atomic E-state index is 8.69. The second-order valence-corrected chi connectivity index (χ2v) is 4.42. The fourth-order valence-electron chi connectivity index (χ4n) is 2.24. The molecule has 1 aromatic carbocycles. The van der Waals surface area contributed by atoms with E-state index in [9.17, 15) is 0 Å². The van der Waals surface area contributed by atoms with Crippen LogP contribution in [-0.4, -0.2) is 12.6 Å². The van der Waals surface area contributed by atoms with E-state index < -0.39 is 0 Å². The minimum absolute atomic E-state index is 0.661. The first-order valence-corrected chi connectivity index (χ1v) is 5.50. The Morgan fingerprint density at radius 3 is 2.67 bits per heavy atom. The monoisotopic (exact) mass is 200 g/mol. The van der Waals surface area contributed by atoms with Gasteiger partial charge in [-0.3, -0.25) is 0 Å². The van der Waals surface area contributed by atoms with Crippen molar-refractivity contribution in [1.82, 2.24) is 5.32 Å². The molecule has 0 saturated carbocycles. The van der Waals surface area contributed by atoms with Gasteiger partial charge in [-0.2, -0.15) is 5.26 Å². The molecule has 0 aromatic heterocycles. The smallest absolute Gasteiger partial charge is 0.0991 e. The first-order chi connectivity index (χ1) is 7.28. The first-order valence-electron chi connectivity index (χ1n) is 5.50. The summed E-state index contributed by atoms with van der Waals surface area (Å²) >= 11 is 0. The lowest BCUT2D eigenvalue weighted by Gasteiger charge is -2.08. The molecule has 0 spiro atoms. The van der Waals surface area contributed by atoms with Crippen molar-refractivity contribution in [1.29, 1.82) is 5.26 Å². The molecule has 1 fully saturated rings. The zero-order chi connectivity index (χ0) is 10.7. The Balaban J connectivity index is 1.96. The maximum absolute atomic E-state index is 8.69. The van der Waals surface area contributed by atoms with E-state index >= 15 is 0 Å². The van der Waals surface area contributed by atoms with Crippen LogP contribution in [0.15, 0.2) is 24.3 Å². The van der Waals surface area contributed by atoms with Gasteiger partial charge < -0.3 is 5.32 Å². The van der Waals surface area contributed by atoms with Gasteiger partial charge >= 0.3 is 0 Å². The van der Waals surface area contributed by atoms with E-state index in [1.165, 1.54) is 12.0 Å². The number of benzene rings is 1. The van der Waals surface area contributed by atoms with Crippen LogP contribution in [0, 0.1) is 17.2 Å². The molecule has 1 N–H and O–H groups in total. The van der Waals surface area contributed by atoms with Crippen LogP contribution >= 0.6 is 0 Å². The molecule has 15 heavy (non-hydrogen) atoms. The molecule has 78 valence electrons. The maximum Gasteiger partial charge on any atom is 0.0991 e. The minimum atomic E-state index is 0.661. The van der Waals surface area contributed by atoms with Gasteiger partial charge in [0.25, 0.3) is 0 Å². The number of nitrogens with zero attached hydrogens (tertiary/aromatic N) is 1.